The van der Waals surface area contributed by atoms with E-state index in [1.54, 1.807) is 0 Å². The summed E-state index contributed by atoms with van der Waals surface area (Å²) in [5.74, 6) is 0.946. The van der Waals surface area contributed by atoms with Crippen molar-refractivity contribution in [2.45, 2.75) is 64.3 Å². The summed E-state index contributed by atoms with van der Waals surface area (Å²) >= 11 is 0. The average molecular weight is 282 g/mol. The van der Waals surface area contributed by atoms with Gasteiger partial charge in [-0.2, -0.15) is 0 Å². The summed E-state index contributed by atoms with van der Waals surface area (Å²) in [6, 6.07) is 0.272. The third-order valence-electron chi connectivity index (χ3n) is 4.68. The van der Waals surface area contributed by atoms with Crippen molar-refractivity contribution in [2.24, 2.45) is 5.92 Å². The van der Waals surface area contributed by atoms with Gasteiger partial charge in [0.2, 0.25) is 0 Å². The van der Waals surface area contributed by atoms with Gasteiger partial charge in [-0.15, -0.1) is 0 Å². The van der Waals surface area contributed by atoms with Crippen LogP contribution in [0.3, 0.4) is 0 Å². The van der Waals surface area contributed by atoms with Gasteiger partial charge >= 0.3 is 6.09 Å². The minimum Gasteiger partial charge on any atom is -0.450 e. The molecule has 116 valence electrons. The Hall–Kier alpha value is -0.770. The molecule has 0 radical (unpaired) electrons. The molecule has 0 unspecified atom stereocenters. The van der Waals surface area contributed by atoms with Gasteiger partial charge < -0.3 is 15.0 Å². The van der Waals surface area contributed by atoms with Crippen LogP contribution in [0, 0.1) is 5.92 Å². The summed E-state index contributed by atoms with van der Waals surface area (Å²) in [5, 5.41) is 2.98. The fourth-order valence-electron chi connectivity index (χ4n) is 3.56. The first-order valence-electron chi connectivity index (χ1n) is 8.43. The summed E-state index contributed by atoms with van der Waals surface area (Å²) in [7, 11) is 0. The molecule has 0 aromatic heterocycles. The van der Waals surface area contributed by atoms with E-state index in [4.69, 9.17) is 4.74 Å². The van der Waals surface area contributed by atoms with Gasteiger partial charge in [-0.25, -0.2) is 4.79 Å². The van der Waals surface area contributed by atoms with E-state index in [2.05, 4.69) is 10.2 Å². The zero-order valence-corrected chi connectivity index (χ0v) is 12.9. The number of piperidine rings is 1. The Morgan fingerprint density at radius 2 is 2.00 bits per heavy atom. The highest BCUT2D eigenvalue weighted by atomic mass is 16.5. The second-order valence-electron chi connectivity index (χ2n) is 6.30. The molecule has 1 saturated heterocycles. The molecular weight excluding hydrogens is 252 g/mol. The van der Waals surface area contributed by atoms with Gasteiger partial charge in [0.25, 0.3) is 0 Å². The smallest absolute Gasteiger partial charge is 0.407 e. The highest BCUT2D eigenvalue weighted by molar-refractivity contribution is 5.67. The second-order valence-corrected chi connectivity index (χ2v) is 6.30. The van der Waals surface area contributed by atoms with Gasteiger partial charge in [0.15, 0.2) is 0 Å². The molecule has 2 rings (SSSR count). The van der Waals surface area contributed by atoms with Gasteiger partial charge in [0.1, 0.15) is 0 Å². The molecule has 4 nitrogen and oxygen atoms in total. The first kappa shape index (κ1) is 15.6. The predicted molar refractivity (Wildman–Crippen MR) is 80.8 cm³/mol. The molecule has 0 aromatic carbocycles. The summed E-state index contributed by atoms with van der Waals surface area (Å²) in [4.78, 5) is 14.0. The third-order valence-corrected chi connectivity index (χ3v) is 4.68. The number of nitrogens with one attached hydrogen (secondary N) is 1. The minimum absolute atomic E-state index is 0.258. The first-order chi connectivity index (χ1) is 9.78. The van der Waals surface area contributed by atoms with Crippen molar-refractivity contribution in [3.8, 4) is 0 Å². The SMILES string of the molecule is CCOC(=O)N[C@H]1CCCN(CCC2CCCCC2)C1. The molecule has 2 aliphatic rings. The van der Waals surface area contributed by atoms with E-state index in [0.717, 1.165) is 18.9 Å². The van der Waals surface area contributed by atoms with Crippen LogP contribution in [0.25, 0.3) is 0 Å². The number of alkyl carbamates (subject to hydrolysis) is 1. The Labute approximate surface area is 123 Å². The summed E-state index contributed by atoms with van der Waals surface area (Å²) in [5.41, 5.74) is 0. The molecular formula is C16H30N2O2. The topological polar surface area (TPSA) is 41.6 Å². The van der Waals surface area contributed by atoms with E-state index in [1.807, 2.05) is 6.92 Å². The molecule has 1 saturated carbocycles. The average Bonchev–Trinajstić information content (AvgIpc) is 2.47. The molecule has 0 bridgehead atoms. The van der Waals surface area contributed by atoms with Crippen molar-refractivity contribution in [3.05, 3.63) is 0 Å². The van der Waals surface area contributed by atoms with Crippen molar-refractivity contribution >= 4 is 6.09 Å². The van der Waals surface area contributed by atoms with E-state index in [1.165, 1.54) is 58.0 Å². The Morgan fingerprint density at radius 3 is 2.75 bits per heavy atom. The molecule has 2 fully saturated rings. The van der Waals surface area contributed by atoms with E-state index in [0.29, 0.717) is 6.61 Å². The van der Waals surface area contributed by atoms with Gasteiger partial charge in [-0.1, -0.05) is 32.1 Å². The Balaban J connectivity index is 1.65. The van der Waals surface area contributed by atoms with Crippen molar-refractivity contribution in [1.82, 2.24) is 10.2 Å². The molecule has 4 heteroatoms. The number of nitrogens with zero attached hydrogens (tertiary/aromatic N) is 1. The van der Waals surface area contributed by atoms with Crippen LogP contribution in [0.4, 0.5) is 4.79 Å². The maximum atomic E-state index is 11.5. The van der Waals surface area contributed by atoms with Gasteiger partial charge in [-0.3, -0.25) is 0 Å². The second kappa shape index (κ2) is 8.50. The molecule has 0 aromatic rings. The van der Waals surface area contributed by atoms with Gasteiger partial charge in [0, 0.05) is 12.6 Å². The number of ether oxygens (including phenoxy) is 1. The number of likely N-dealkylation sites (tertiary alicyclic amines) is 1. The van der Waals surface area contributed by atoms with Crippen LogP contribution in [-0.2, 0) is 4.74 Å². The molecule has 0 spiro atoms. The maximum absolute atomic E-state index is 11.5. The number of amides is 1. The molecule has 1 aliphatic heterocycles. The fraction of sp³-hybridized carbons (Fsp3) is 0.938. The lowest BCUT2D eigenvalue weighted by molar-refractivity contribution is 0.131. The van der Waals surface area contributed by atoms with E-state index >= 15 is 0 Å². The first-order valence-corrected chi connectivity index (χ1v) is 8.43. The molecule has 1 amide bonds. The van der Waals surface area contributed by atoms with Crippen molar-refractivity contribution in [3.63, 3.8) is 0 Å². The summed E-state index contributed by atoms with van der Waals surface area (Å²) in [6.07, 6.45) is 10.5. The Morgan fingerprint density at radius 1 is 1.20 bits per heavy atom. The van der Waals surface area contributed by atoms with Gasteiger partial charge in [-0.05, 0) is 45.2 Å². The van der Waals surface area contributed by atoms with Crippen LogP contribution in [0.15, 0.2) is 0 Å². The Kier molecular flexibility index (Phi) is 6.64. The van der Waals surface area contributed by atoms with Crippen LogP contribution in [0.1, 0.15) is 58.3 Å². The van der Waals surface area contributed by atoms with Crippen LogP contribution < -0.4 is 5.32 Å². The lowest BCUT2D eigenvalue weighted by Gasteiger charge is -2.34. The van der Waals surface area contributed by atoms with Crippen LogP contribution in [0.2, 0.25) is 0 Å². The summed E-state index contributed by atoms with van der Waals surface area (Å²) in [6.45, 7) is 5.67. The van der Waals surface area contributed by atoms with E-state index < -0.39 is 0 Å². The fourth-order valence-corrected chi connectivity index (χ4v) is 3.56. The maximum Gasteiger partial charge on any atom is 0.407 e. The normalized spacial score (nSPS) is 25.4. The van der Waals surface area contributed by atoms with Crippen molar-refractivity contribution in [2.75, 3.05) is 26.2 Å². The largest absolute Gasteiger partial charge is 0.450 e. The molecule has 1 heterocycles. The van der Waals surface area contributed by atoms with Crippen LogP contribution >= 0.6 is 0 Å². The highest BCUT2D eigenvalue weighted by Crippen LogP contribution is 2.26. The van der Waals surface area contributed by atoms with E-state index in [-0.39, 0.29) is 12.1 Å². The van der Waals surface area contributed by atoms with Crippen LogP contribution in [-0.4, -0.2) is 43.3 Å². The molecule has 1 atom stereocenters. The number of rotatable bonds is 5. The third kappa shape index (κ3) is 5.31. The molecule has 1 aliphatic carbocycles. The predicted octanol–water partition coefficient (Wildman–Crippen LogP) is 3.17. The zero-order valence-electron chi connectivity index (χ0n) is 12.9. The lowest BCUT2D eigenvalue weighted by atomic mass is 9.87. The van der Waals surface area contributed by atoms with E-state index in [9.17, 15) is 4.79 Å². The highest BCUT2D eigenvalue weighted by Gasteiger charge is 2.22. The summed E-state index contributed by atoms with van der Waals surface area (Å²) < 4.78 is 4.97. The van der Waals surface area contributed by atoms with Crippen LogP contribution in [0.5, 0.6) is 0 Å². The number of hydrogen-bond acceptors (Lipinski definition) is 3. The molecule has 1 N–H and O–H groups in total. The van der Waals surface area contributed by atoms with Crippen molar-refractivity contribution in [1.29, 1.82) is 0 Å². The standard InChI is InChI=1S/C16H30N2O2/c1-2-20-16(19)17-15-9-6-11-18(13-15)12-10-14-7-4-3-5-8-14/h14-15H,2-13H2,1H3,(H,17,19)/t15-/m0/s1. The van der Waals surface area contributed by atoms with Gasteiger partial charge in [0.05, 0.1) is 6.61 Å². The molecule has 20 heavy (non-hydrogen) atoms. The monoisotopic (exact) mass is 282 g/mol. The quantitative estimate of drug-likeness (QED) is 0.842. The van der Waals surface area contributed by atoms with Crippen molar-refractivity contribution < 1.29 is 9.53 Å². The number of carbonyl (C=O) groups is 1. The Bertz CT molecular complexity index is 290. The minimum atomic E-state index is -0.258. The number of carbonyl (C=O) groups excluding carboxylic acids is 1. The lowest BCUT2D eigenvalue weighted by Crippen LogP contribution is -2.48. The zero-order chi connectivity index (χ0) is 14.2. The number of hydrogen-bond donors (Lipinski definition) is 1.